The number of carbonyl (C=O) groups is 3. The number of carbonyl (C=O) groups excluding carboxylic acids is 3. The maximum Gasteiger partial charge on any atom is 0.451 e. The molecular weight excluding hydrogens is 895 g/mol. The lowest BCUT2D eigenvalue weighted by atomic mass is 10.0. The molecular formula is C36H42Cl3F6N7O7S. The Hall–Kier alpha value is -4.70. The summed E-state index contributed by atoms with van der Waals surface area (Å²) in [6, 6.07) is 6.44. The van der Waals surface area contributed by atoms with Gasteiger partial charge in [-0.3, -0.25) is 14.9 Å². The number of anilines is 2. The van der Waals surface area contributed by atoms with E-state index in [2.05, 4.69) is 45.8 Å². The summed E-state index contributed by atoms with van der Waals surface area (Å²) in [4.78, 5) is 45.2. The zero-order valence-corrected chi connectivity index (χ0v) is 35.8. The van der Waals surface area contributed by atoms with Gasteiger partial charge >= 0.3 is 24.4 Å². The van der Waals surface area contributed by atoms with Gasteiger partial charge in [-0.2, -0.15) is 41.3 Å². The molecule has 0 radical (unpaired) electrons. The average Bonchev–Trinajstić information content (AvgIpc) is 3.17. The molecule has 0 aliphatic carbocycles. The molecule has 1 aromatic heterocycles. The van der Waals surface area contributed by atoms with Crippen LogP contribution in [0.1, 0.15) is 36.4 Å². The first kappa shape index (κ1) is 53.3. The Kier molecular flexibility index (Phi) is 21.8. The molecule has 3 aromatic rings. The van der Waals surface area contributed by atoms with Crippen LogP contribution in [-0.2, 0) is 43.1 Å². The van der Waals surface area contributed by atoms with E-state index in [-0.39, 0.29) is 23.7 Å². The van der Waals surface area contributed by atoms with Crippen LogP contribution in [0.25, 0.3) is 0 Å². The Balaban J connectivity index is 0.000000498. The molecule has 0 bridgehead atoms. The van der Waals surface area contributed by atoms with E-state index < -0.39 is 61.5 Å². The Morgan fingerprint density at radius 1 is 0.933 bits per heavy atom. The van der Waals surface area contributed by atoms with Crippen molar-refractivity contribution in [2.24, 2.45) is 0 Å². The Morgan fingerprint density at radius 2 is 1.53 bits per heavy atom. The van der Waals surface area contributed by atoms with Crippen molar-refractivity contribution < 1.29 is 58.6 Å². The minimum Gasteiger partial charge on any atom is -0.467 e. The van der Waals surface area contributed by atoms with Crippen LogP contribution in [0.4, 0.5) is 42.8 Å². The summed E-state index contributed by atoms with van der Waals surface area (Å²) < 4.78 is 112. The number of aryl methyl sites for hydroxylation is 2. The van der Waals surface area contributed by atoms with Crippen molar-refractivity contribution in [2.75, 3.05) is 50.0 Å². The van der Waals surface area contributed by atoms with Crippen LogP contribution in [0.3, 0.4) is 0 Å². The molecule has 3 rings (SSSR count). The zero-order valence-electron chi connectivity index (χ0n) is 32.7. The second kappa shape index (κ2) is 24.5. The van der Waals surface area contributed by atoms with Crippen LogP contribution in [0, 0.1) is 6.92 Å². The quantitative estimate of drug-likeness (QED) is 0.0879. The SMILES string of the molecule is C=CCN(CC=C)C(=O)C(Cl)Cl.CCc1cccc(C)c1N(C(=O)CCl)C(C)COC.COc1nc(NC(=O)NS(=O)(=O)c2ccccc2C(F)(F)F)nc(C(F)(F)F)n1. The minimum atomic E-state index is -5.05. The lowest BCUT2D eigenvalue weighted by molar-refractivity contribution is -0.145. The van der Waals surface area contributed by atoms with Crippen molar-refractivity contribution in [3.63, 3.8) is 0 Å². The molecule has 0 fully saturated rings. The summed E-state index contributed by atoms with van der Waals surface area (Å²) in [6.45, 7) is 14.4. The Bertz CT molecular complexity index is 2040. The molecule has 14 nitrogen and oxygen atoms in total. The number of halogens is 9. The molecule has 1 heterocycles. The van der Waals surface area contributed by atoms with Crippen molar-refractivity contribution >= 4 is 74.3 Å². The number of aromatic nitrogens is 3. The van der Waals surface area contributed by atoms with Gasteiger partial charge in [-0.05, 0) is 43.5 Å². The molecule has 2 aromatic carbocycles. The van der Waals surface area contributed by atoms with E-state index in [9.17, 15) is 49.1 Å². The molecule has 24 heteroatoms. The molecule has 332 valence electrons. The van der Waals surface area contributed by atoms with Gasteiger partial charge in [0.05, 0.1) is 35.9 Å². The van der Waals surface area contributed by atoms with Gasteiger partial charge in [0.2, 0.25) is 17.7 Å². The third kappa shape index (κ3) is 16.4. The highest BCUT2D eigenvalue weighted by atomic mass is 35.5. The molecule has 4 amide bonds. The number of urea groups is 1. The number of alkyl halides is 9. The largest absolute Gasteiger partial charge is 0.467 e. The van der Waals surface area contributed by atoms with Crippen LogP contribution in [0.5, 0.6) is 6.01 Å². The predicted octanol–water partition coefficient (Wildman–Crippen LogP) is 7.58. The van der Waals surface area contributed by atoms with Gasteiger partial charge in [-0.25, -0.2) is 17.9 Å². The first-order valence-corrected chi connectivity index (χ1v) is 19.9. The van der Waals surface area contributed by atoms with Crippen LogP contribution in [0.2, 0.25) is 0 Å². The van der Waals surface area contributed by atoms with Gasteiger partial charge < -0.3 is 19.3 Å². The minimum absolute atomic E-state index is 0.0223. The molecule has 2 N–H and O–H groups in total. The lowest BCUT2D eigenvalue weighted by Gasteiger charge is -2.31. The first-order chi connectivity index (χ1) is 27.9. The molecule has 0 saturated heterocycles. The number of ether oxygens (including phenoxy) is 2. The summed E-state index contributed by atoms with van der Waals surface area (Å²) >= 11 is 16.6. The Morgan fingerprint density at radius 3 is 2.02 bits per heavy atom. The number of para-hydroxylation sites is 1. The fourth-order valence-electron chi connectivity index (χ4n) is 4.89. The number of sulfonamides is 1. The molecule has 0 aliphatic heterocycles. The number of hydrogen-bond donors (Lipinski definition) is 2. The van der Waals surface area contributed by atoms with Gasteiger partial charge in [0, 0.05) is 20.2 Å². The second-order valence-electron chi connectivity index (χ2n) is 11.8. The van der Waals surface area contributed by atoms with Gasteiger partial charge in [0.25, 0.3) is 15.9 Å². The van der Waals surface area contributed by atoms with E-state index >= 15 is 0 Å². The third-order valence-corrected chi connectivity index (χ3v) is 9.35. The van der Waals surface area contributed by atoms with Crippen molar-refractivity contribution in [1.82, 2.24) is 24.6 Å². The van der Waals surface area contributed by atoms with E-state index in [0.717, 1.165) is 42.5 Å². The summed E-state index contributed by atoms with van der Waals surface area (Å²) in [5, 5.41) is 1.56. The molecule has 60 heavy (non-hydrogen) atoms. The number of nitrogens with zero attached hydrogens (tertiary/aromatic N) is 5. The van der Waals surface area contributed by atoms with Crippen molar-refractivity contribution in [3.8, 4) is 6.01 Å². The van der Waals surface area contributed by atoms with E-state index in [0.29, 0.717) is 31.8 Å². The molecule has 0 saturated carbocycles. The predicted molar refractivity (Wildman–Crippen MR) is 215 cm³/mol. The van der Waals surface area contributed by atoms with Gasteiger partial charge in [-0.15, -0.1) is 24.8 Å². The number of amides is 4. The maximum atomic E-state index is 13.0. The number of methoxy groups -OCH3 is 2. The van der Waals surface area contributed by atoms with E-state index in [1.54, 1.807) is 29.5 Å². The fourth-order valence-corrected chi connectivity index (χ4v) is 6.44. The topological polar surface area (TPSA) is 173 Å². The Labute approximate surface area is 357 Å². The maximum absolute atomic E-state index is 13.0. The fraction of sp³-hybridized carbons (Fsp3) is 0.389. The van der Waals surface area contributed by atoms with E-state index in [1.165, 1.54) is 9.62 Å². The summed E-state index contributed by atoms with van der Waals surface area (Å²) in [7, 11) is -2.50. The monoisotopic (exact) mass is 935 g/mol. The van der Waals surface area contributed by atoms with E-state index in [1.807, 2.05) is 26.0 Å². The van der Waals surface area contributed by atoms with Gasteiger partial charge in [-0.1, -0.05) is 72.6 Å². The number of benzene rings is 2. The molecule has 0 aliphatic rings. The third-order valence-electron chi connectivity index (χ3n) is 7.36. The van der Waals surface area contributed by atoms with Crippen LogP contribution < -0.4 is 19.7 Å². The second-order valence-corrected chi connectivity index (χ2v) is 14.8. The lowest BCUT2D eigenvalue weighted by Crippen LogP contribution is -2.43. The van der Waals surface area contributed by atoms with Gasteiger partial charge in [0.1, 0.15) is 5.88 Å². The smallest absolute Gasteiger partial charge is 0.451 e. The van der Waals surface area contributed by atoms with Crippen molar-refractivity contribution in [1.29, 1.82) is 0 Å². The van der Waals surface area contributed by atoms with Crippen LogP contribution in [-0.4, -0.2) is 96.8 Å². The highest BCUT2D eigenvalue weighted by molar-refractivity contribution is 7.90. The normalized spacial score (nSPS) is 11.8. The van der Waals surface area contributed by atoms with Crippen LogP contribution >= 0.6 is 34.8 Å². The van der Waals surface area contributed by atoms with Crippen molar-refractivity contribution in [2.45, 2.75) is 55.3 Å². The number of nitrogens with one attached hydrogen (secondary N) is 2. The first-order valence-electron chi connectivity index (χ1n) is 17.0. The zero-order chi connectivity index (χ0) is 46.0. The van der Waals surface area contributed by atoms with E-state index in [4.69, 9.17) is 39.5 Å². The molecule has 1 unspecified atom stereocenters. The summed E-state index contributed by atoms with van der Waals surface area (Å²) in [5.41, 5.74) is 1.66. The van der Waals surface area contributed by atoms with Crippen LogP contribution in [0.15, 0.2) is 72.7 Å². The standard InChI is InChI=1S/C15H22ClNO2.C13H9F6N5O4S.C8H11Cl2NO/c1-5-13-8-6-7-11(2)15(13)17(14(18)9-16)12(3)10-19-4;1-28-11-21-8(13(17,18)19)20-9(23-11)22-10(25)24-29(26,27)7-5-3-2-4-6(7)12(14,15)16;1-3-5-11(6-4-2)8(12)7(9)10/h6-8,12H,5,9-10H2,1-4H3;2-5H,1H3,(H2,20,21,22,23,24,25);3-4,7H,1-2,5-6H2. The number of hydrogen-bond acceptors (Lipinski definition) is 10. The highest BCUT2D eigenvalue weighted by Crippen LogP contribution is 2.34. The molecule has 0 spiro atoms. The summed E-state index contributed by atoms with van der Waals surface area (Å²) in [5.74, 6) is -3.25. The number of rotatable bonds is 15. The average molecular weight is 937 g/mol. The summed E-state index contributed by atoms with van der Waals surface area (Å²) in [6.07, 6.45) is -6.01. The van der Waals surface area contributed by atoms with Crippen molar-refractivity contribution in [3.05, 3.63) is 90.3 Å². The highest BCUT2D eigenvalue weighted by Gasteiger charge is 2.38. The van der Waals surface area contributed by atoms with Gasteiger partial charge in [0.15, 0.2) is 4.84 Å². The molecule has 1 atom stereocenters.